The molecule has 0 aliphatic heterocycles. The lowest BCUT2D eigenvalue weighted by Crippen LogP contribution is -2.41. The number of ether oxygens (including phenoxy) is 1. The Morgan fingerprint density at radius 3 is 2.27 bits per heavy atom. The van der Waals surface area contributed by atoms with Crippen LogP contribution >= 0.6 is 23.2 Å². The maximum atomic E-state index is 12.0. The first-order valence-corrected chi connectivity index (χ1v) is 9.61. The molecule has 158 valence electrons. The molecule has 0 heterocycles. The molecular weight excluding hydrogens is 431 g/mol. The van der Waals surface area contributed by atoms with E-state index in [0.717, 1.165) is 0 Å². The molecule has 8 nitrogen and oxygen atoms in total. The number of hydrogen-bond donors (Lipinski definition) is 3. The first-order chi connectivity index (χ1) is 14.2. The number of carbonyl (C=O) groups excluding carboxylic acids is 3. The molecule has 2 aromatic carbocycles. The molecule has 0 bridgehead atoms. The van der Waals surface area contributed by atoms with E-state index in [1.165, 1.54) is 6.21 Å². The van der Waals surface area contributed by atoms with Crippen LogP contribution in [0, 0.1) is 0 Å². The normalized spacial score (nSPS) is 10.7. The smallest absolute Gasteiger partial charge is 0.329 e. The van der Waals surface area contributed by atoms with Crippen molar-refractivity contribution in [2.24, 2.45) is 5.10 Å². The van der Waals surface area contributed by atoms with E-state index >= 15 is 0 Å². The van der Waals surface area contributed by atoms with Crippen molar-refractivity contribution in [2.45, 2.75) is 19.9 Å². The van der Waals surface area contributed by atoms with Gasteiger partial charge in [-0.15, -0.1) is 0 Å². The standard InChI is InChI=1S/C20H20Cl2N4O4/c1-12(2)24-19(28)20(29)26-23-10-13-3-5-17(6-4-13)30-11-18(27)25-16-8-14(21)7-15(22)9-16/h3-10,12H,11H2,1-2H3,(H,24,28)(H,25,27)(H,26,29)/b23-10-. The molecule has 0 radical (unpaired) electrons. The summed E-state index contributed by atoms with van der Waals surface area (Å²) in [4.78, 5) is 35.0. The lowest BCUT2D eigenvalue weighted by atomic mass is 10.2. The zero-order valence-electron chi connectivity index (χ0n) is 16.2. The Kier molecular flexibility index (Phi) is 8.64. The highest BCUT2D eigenvalue weighted by atomic mass is 35.5. The highest BCUT2D eigenvalue weighted by molar-refractivity contribution is 6.35. The number of benzene rings is 2. The van der Waals surface area contributed by atoms with Gasteiger partial charge in [0.1, 0.15) is 5.75 Å². The summed E-state index contributed by atoms with van der Waals surface area (Å²) < 4.78 is 5.42. The monoisotopic (exact) mass is 450 g/mol. The van der Waals surface area contributed by atoms with E-state index in [1.54, 1.807) is 56.3 Å². The predicted octanol–water partition coefficient (Wildman–Crippen LogP) is 2.99. The molecule has 0 spiro atoms. The van der Waals surface area contributed by atoms with Crippen molar-refractivity contribution in [3.8, 4) is 5.75 Å². The molecule has 3 N–H and O–H groups in total. The fraction of sp³-hybridized carbons (Fsp3) is 0.200. The number of anilines is 1. The SMILES string of the molecule is CC(C)NC(=O)C(=O)N/N=C\c1ccc(OCC(=O)Nc2cc(Cl)cc(Cl)c2)cc1. The van der Waals surface area contributed by atoms with Crippen LogP contribution < -0.4 is 20.8 Å². The summed E-state index contributed by atoms with van der Waals surface area (Å²) in [5, 5.41) is 9.64. The lowest BCUT2D eigenvalue weighted by molar-refractivity contribution is -0.139. The van der Waals surface area contributed by atoms with Gasteiger partial charge in [0.25, 0.3) is 5.91 Å². The van der Waals surface area contributed by atoms with E-state index < -0.39 is 11.8 Å². The van der Waals surface area contributed by atoms with Crippen LogP contribution in [-0.2, 0) is 14.4 Å². The van der Waals surface area contributed by atoms with Crippen LogP contribution in [0.25, 0.3) is 0 Å². The Morgan fingerprint density at radius 2 is 1.67 bits per heavy atom. The predicted molar refractivity (Wildman–Crippen MR) is 116 cm³/mol. The van der Waals surface area contributed by atoms with Gasteiger partial charge in [-0.05, 0) is 61.9 Å². The number of hydrazone groups is 1. The van der Waals surface area contributed by atoms with Gasteiger partial charge in [0.15, 0.2) is 6.61 Å². The molecule has 0 unspecified atom stereocenters. The third-order valence-electron chi connectivity index (χ3n) is 3.40. The number of carbonyl (C=O) groups is 3. The molecule has 0 aromatic heterocycles. The second kappa shape index (κ2) is 11.2. The Balaban J connectivity index is 1.80. The van der Waals surface area contributed by atoms with Gasteiger partial charge in [-0.2, -0.15) is 5.10 Å². The Labute approximate surface area is 183 Å². The van der Waals surface area contributed by atoms with Crippen molar-refractivity contribution in [3.05, 3.63) is 58.1 Å². The van der Waals surface area contributed by atoms with Gasteiger partial charge in [0, 0.05) is 21.8 Å². The van der Waals surface area contributed by atoms with Gasteiger partial charge in [0.05, 0.1) is 6.21 Å². The lowest BCUT2D eigenvalue weighted by Gasteiger charge is -2.08. The van der Waals surface area contributed by atoms with Crippen LogP contribution in [0.15, 0.2) is 47.6 Å². The van der Waals surface area contributed by atoms with Crippen LogP contribution in [0.1, 0.15) is 19.4 Å². The summed E-state index contributed by atoms with van der Waals surface area (Å²) in [5.74, 6) is -1.52. The molecule has 0 saturated carbocycles. The van der Waals surface area contributed by atoms with E-state index in [1.807, 2.05) is 0 Å². The van der Waals surface area contributed by atoms with Gasteiger partial charge in [0.2, 0.25) is 0 Å². The van der Waals surface area contributed by atoms with Crippen molar-refractivity contribution in [3.63, 3.8) is 0 Å². The molecule has 3 amide bonds. The summed E-state index contributed by atoms with van der Waals surface area (Å²) in [6.45, 7) is 3.28. The van der Waals surface area contributed by atoms with Crippen molar-refractivity contribution >= 4 is 52.8 Å². The van der Waals surface area contributed by atoms with Gasteiger partial charge in [-0.3, -0.25) is 14.4 Å². The van der Waals surface area contributed by atoms with E-state index in [-0.39, 0.29) is 18.6 Å². The van der Waals surface area contributed by atoms with Gasteiger partial charge in [-0.25, -0.2) is 5.43 Å². The van der Waals surface area contributed by atoms with Crippen LogP contribution in [0.2, 0.25) is 10.0 Å². The third kappa shape index (κ3) is 8.10. The number of nitrogens with one attached hydrogen (secondary N) is 3. The maximum absolute atomic E-state index is 12.0. The van der Waals surface area contributed by atoms with Crippen molar-refractivity contribution in [2.75, 3.05) is 11.9 Å². The fourth-order valence-electron chi connectivity index (χ4n) is 2.17. The minimum Gasteiger partial charge on any atom is -0.484 e. The van der Waals surface area contributed by atoms with E-state index in [9.17, 15) is 14.4 Å². The minimum absolute atomic E-state index is 0.148. The summed E-state index contributed by atoms with van der Waals surface area (Å²) in [6, 6.07) is 11.2. The number of hydrogen-bond acceptors (Lipinski definition) is 5. The average Bonchev–Trinajstić information content (AvgIpc) is 2.66. The van der Waals surface area contributed by atoms with Gasteiger partial charge in [-0.1, -0.05) is 23.2 Å². The maximum Gasteiger partial charge on any atom is 0.329 e. The van der Waals surface area contributed by atoms with Crippen molar-refractivity contribution < 1.29 is 19.1 Å². The second-order valence-electron chi connectivity index (χ2n) is 6.39. The molecule has 0 saturated heterocycles. The van der Waals surface area contributed by atoms with E-state index in [0.29, 0.717) is 27.0 Å². The molecule has 2 rings (SSSR count). The molecular formula is C20H20Cl2N4O4. The number of amides is 3. The topological polar surface area (TPSA) is 109 Å². The second-order valence-corrected chi connectivity index (χ2v) is 7.26. The largest absolute Gasteiger partial charge is 0.484 e. The Bertz CT molecular complexity index is 926. The highest BCUT2D eigenvalue weighted by Gasteiger charge is 2.12. The van der Waals surface area contributed by atoms with Crippen molar-refractivity contribution in [1.82, 2.24) is 10.7 Å². The molecule has 0 aliphatic rings. The van der Waals surface area contributed by atoms with E-state index in [2.05, 4.69) is 21.2 Å². The highest BCUT2D eigenvalue weighted by Crippen LogP contribution is 2.22. The third-order valence-corrected chi connectivity index (χ3v) is 3.84. The van der Waals surface area contributed by atoms with Crippen LogP contribution in [0.5, 0.6) is 5.75 Å². The first kappa shape index (κ1) is 23.2. The molecule has 0 atom stereocenters. The summed E-state index contributed by atoms with van der Waals surface area (Å²) in [7, 11) is 0. The Hall–Kier alpha value is -3.10. The molecule has 10 heteroatoms. The number of nitrogens with zero attached hydrogens (tertiary/aromatic N) is 1. The van der Waals surface area contributed by atoms with Gasteiger partial charge >= 0.3 is 11.8 Å². The number of halogens is 2. The summed E-state index contributed by atoms with van der Waals surface area (Å²) >= 11 is 11.8. The first-order valence-electron chi connectivity index (χ1n) is 8.85. The minimum atomic E-state index is -0.855. The summed E-state index contributed by atoms with van der Waals surface area (Å²) in [6.07, 6.45) is 1.37. The van der Waals surface area contributed by atoms with Crippen LogP contribution in [-0.4, -0.2) is 36.6 Å². The summed E-state index contributed by atoms with van der Waals surface area (Å²) in [5.41, 5.74) is 3.26. The van der Waals surface area contributed by atoms with E-state index in [4.69, 9.17) is 27.9 Å². The molecule has 0 fully saturated rings. The molecule has 30 heavy (non-hydrogen) atoms. The van der Waals surface area contributed by atoms with Gasteiger partial charge < -0.3 is 15.4 Å². The zero-order chi connectivity index (χ0) is 22.1. The number of rotatable bonds is 7. The average molecular weight is 451 g/mol. The van der Waals surface area contributed by atoms with Crippen molar-refractivity contribution in [1.29, 1.82) is 0 Å². The fourth-order valence-corrected chi connectivity index (χ4v) is 2.69. The molecule has 2 aromatic rings. The Morgan fingerprint density at radius 1 is 1.03 bits per heavy atom. The zero-order valence-corrected chi connectivity index (χ0v) is 17.8. The van der Waals surface area contributed by atoms with Crippen LogP contribution in [0.3, 0.4) is 0 Å². The molecule has 0 aliphatic carbocycles. The quantitative estimate of drug-likeness (QED) is 0.342. The van der Waals surface area contributed by atoms with Crippen LogP contribution in [0.4, 0.5) is 5.69 Å².